The summed E-state index contributed by atoms with van der Waals surface area (Å²) in [6, 6.07) is 20.9. The minimum absolute atomic E-state index is 0.212. The summed E-state index contributed by atoms with van der Waals surface area (Å²) in [5.41, 5.74) is 5.50. The largest absolute Gasteiger partial charge is 0.355 e. The molecule has 0 fully saturated rings. The Morgan fingerprint density at radius 2 is 1.88 bits per heavy atom. The molecule has 0 radical (unpaired) electrons. The SMILES string of the molecule is Cc1cc(NC(=O)c2ccccc2Nc2ccc3c(/C=C/c4ccccn4)n[nH]c3c2)n(C)n1. The highest BCUT2D eigenvalue weighted by molar-refractivity contribution is 6.08. The lowest BCUT2D eigenvalue weighted by molar-refractivity contribution is 0.102. The van der Waals surface area contributed by atoms with Gasteiger partial charge in [0.1, 0.15) is 5.82 Å². The van der Waals surface area contributed by atoms with E-state index in [1.54, 1.807) is 24.0 Å². The van der Waals surface area contributed by atoms with Gasteiger partial charge in [-0.25, -0.2) is 0 Å². The number of aromatic amines is 1. The number of rotatable bonds is 6. The summed E-state index contributed by atoms with van der Waals surface area (Å²) < 4.78 is 1.65. The number of nitrogens with one attached hydrogen (secondary N) is 3. The van der Waals surface area contributed by atoms with E-state index >= 15 is 0 Å². The zero-order valence-corrected chi connectivity index (χ0v) is 18.8. The molecule has 0 aliphatic rings. The summed E-state index contributed by atoms with van der Waals surface area (Å²) in [5, 5.41) is 19.1. The highest BCUT2D eigenvalue weighted by Crippen LogP contribution is 2.26. The van der Waals surface area contributed by atoms with E-state index in [-0.39, 0.29) is 5.91 Å². The maximum atomic E-state index is 13.0. The number of carbonyl (C=O) groups excluding carboxylic acids is 1. The van der Waals surface area contributed by atoms with Crippen LogP contribution in [-0.4, -0.2) is 30.9 Å². The molecule has 0 spiro atoms. The molecule has 1 amide bonds. The van der Waals surface area contributed by atoms with Crippen LogP contribution in [0.3, 0.4) is 0 Å². The lowest BCUT2D eigenvalue weighted by atomic mass is 10.1. The predicted octanol–water partition coefficient (Wildman–Crippen LogP) is 5.17. The van der Waals surface area contributed by atoms with Crippen LogP contribution in [0.5, 0.6) is 0 Å². The second-order valence-electron chi connectivity index (χ2n) is 7.88. The summed E-state index contributed by atoms with van der Waals surface area (Å²) in [5.74, 6) is 0.429. The van der Waals surface area contributed by atoms with E-state index < -0.39 is 0 Å². The zero-order chi connectivity index (χ0) is 23.5. The summed E-state index contributed by atoms with van der Waals surface area (Å²) >= 11 is 0. The molecule has 0 unspecified atom stereocenters. The fourth-order valence-corrected chi connectivity index (χ4v) is 3.74. The van der Waals surface area contributed by atoms with Crippen LogP contribution in [0.4, 0.5) is 17.2 Å². The van der Waals surface area contributed by atoms with Gasteiger partial charge in [0.2, 0.25) is 0 Å². The molecule has 5 aromatic rings. The van der Waals surface area contributed by atoms with Crippen LogP contribution in [-0.2, 0) is 7.05 Å². The number of amides is 1. The second-order valence-corrected chi connectivity index (χ2v) is 7.88. The first kappa shape index (κ1) is 21.1. The van der Waals surface area contributed by atoms with Crippen LogP contribution in [0, 0.1) is 6.92 Å². The van der Waals surface area contributed by atoms with E-state index in [2.05, 4.69) is 30.9 Å². The van der Waals surface area contributed by atoms with Crippen LogP contribution in [0.15, 0.2) is 72.9 Å². The van der Waals surface area contributed by atoms with Gasteiger partial charge < -0.3 is 10.6 Å². The number of aryl methyl sites for hydroxylation is 2. The molecule has 0 saturated carbocycles. The molecule has 3 aromatic heterocycles. The predicted molar refractivity (Wildman–Crippen MR) is 135 cm³/mol. The standard InChI is InChI=1S/C26H23N7O/c1-17-15-25(33(2)32-17)29-26(34)21-8-3-4-9-22(21)28-19-10-12-20-23(30-31-24(20)16-19)13-11-18-7-5-6-14-27-18/h3-16,28H,1-2H3,(H,29,34)(H,30,31)/b13-11+. The molecule has 168 valence electrons. The van der Waals surface area contributed by atoms with Gasteiger partial charge in [-0.15, -0.1) is 0 Å². The maximum Gasteiger partial charge on any atom is 0.258 e. The van der Waals surface area contributed by atoms with E-state index in [9.17, 15) is 4.79 Å². The van der Waals surface area contributed by atoms with Crippen molar-refractivity contribution in [1.82, 2.24) is 25.0 Å². The first-order chi connectivity index (χ1) is 16.6. The Kier molecular flexibility index (Phi) is 5.61. The van der Waals surface area contributed by atoms with Crippen LogP contribution in [0.2, 0.25) is 0 Å². The molecule has 0 atom stereocenters. The number of hydrogen-bond acceptors (Lipinski definition) is 5. The Hall–Kier alpha value is -4.72. The van der Waals surface area contributed by atoms with Gasteiger partial charge in [0, 0.05) is 30.4 Å². The third-order valence-corrected chi connectivity index (χ3v) is 5.39. The average molecular weight is 450 g/mol. The molecule has 0 bridgehead atoms. The molecule has 8 nitrogen and oxygen atoms in total. The van der Waals surface area contributed by atoms with Crippen molar-refractivity contribution in [1.29, 1.82) is 0 Å². The van der Waals surface area contributed by atoms with E-state index in [1.165, 1.54) is 0 Å². The van der Waals surface area contributed by atoms with Gasteiger partial charge in [0.15, 0.2) is 0 Å². The number of pyridine rings is 1. The van der Waals surface area contributed by atoms with E-state index in [1.807, 2.05) is 79.7 Å². The first-order valence-corrected chi connectivity index (χ1v) is 10.8. The summed E-state index contributed by atoms with van der Waals surface area (Å²) in [6.07, 6.45) is 5.63. The fourth-order valence-electron chi connectivity index (χ4n) is 3.74. The van der Waals surface area contributed by atoms with Gasteiger partial charge in [0.05, 0.1) is 33.8 Å². The molecule has 3 N–H and O–H groups in total. The molecule has 3 heterocycles. The topological polar surface area (TPSA) is 101 Å². The van der Waals surface area contributed by atoms with Crippen molar-refractivity contribution in [2.75, 3.05) is 10.6 Å². The number of benzene rings is 2. The fraction of sp³-hybridized carbons (Fsp3) is 0.0769. The molecule has 0 saturated heterocycles. The monoisotopic (exact) mass is 449 g/mol. The van der Waals surface area contributed by atoms with Gasteiger partial charge in [-0.1, -0.05) is 18.2 Å². The highest BCUT2D eigenvalue weighted by Gasteiger charge is 2.14. The van der Waals surface area contributed by atoms with Crippen molar-refractivity contribution >= 4 is 46.2 Å². The van der Waals surface area contributed by atoms with Crippen molar-refractivity contribution in [2.24, 2.45) is 7.05 Å². The van der Waals surface area contributed by atoms with E-state index in [4.69, 9.17) is 0 Å². The zero-order valence-electron chi connectivity index (χ0n) is 18.8. The van der Waals surface area contributed by atoms with Crippen LogP contribution in [0.25, 0.3) is 23.1 Å². The highest BCUT2D eigenvalue weighted by atomic mass is 16.1. The van der Waals surface area contributed by atoms with Gasteiger partial charge in [-0.2, -0.15) is 10.2 Å². The minimum Gasteiger partial charge on any atom is -0.355 e. The van der Waals surface area contributed by atoms with E-state index in [0.29, 0.717) is 17.1 Å². The number of fused-ring (bicyclic) bond motifs is 1. The summed E-state index contributed by atoms with van der Waals surface area (Å²) in [7, 11) is 1.80. The molecular weight excluding hydrogens is 426 g/mol. The number of H-pyrrole nitrogens is 1. The average Bonchev–Trinajstić information content (AvgIpc) is 3.39. The molecule has 0 aliphatic carbocycles. The Labute approximate surface area is 196 Å². The smallest absolute Gasteiger partial charge is 0.258 e. The minimum atomic E-state index is -0.212. The molecule has 5 rings (SSSR count). The lowest BCUT2D eigenvalue weighted by Gasteiger charge is -2.12. The van der Waals surface area contributed by atoms with Crippen LogP contribution in [0.1, 0.15) is 27.4 Å². The van der Waals surface area contributed by atoms with Crippen molar-refractivity contribution in [3.05, 3.63) is 95.6 Å². The Morgan fingerprint density at radius 1 is 1.03 bits per heavy atom. The number of nitrogens with zero attached hydrogens (tertiary/aromatic N) is 4. The Bertz CT molecular complexity index is 1500. The van der Waals surface area contributed by atoms with Crippen molar-refractivity contribution < 1.29 is 4.79 Å². The van der Waals surface area contributed by atoms with Crippen LogP contribution < -0.4 is 10.6 Å². The number of hydrogen-bond donors (Lipinski definition) is 3. The van der Waals surface area contributed by atoms with Crippen molar-refractivity contribution in [3.63, 3.8) is 0 Å². The molecule has 8 heteroatoms. The number of para-hydroxylation sites is 1. The maximum absolute atomic E-state index is 13.0. The third kappa shape index (κ3) is 4.42. The molecule has 34 heavy (non-hydrogen) atoms. The molecule has 2 aromatic carbocycles. The number of anilines is 3. The second kappa shape index (κ2) is 9.03. The normalized spacial score (nSPS) is 11.2. The Morgan fingerprint density at radius 3 is 2.68 bits per heavy atom. The van der Waals surface area contributed by atoms with Gasteiger partial charge >= 0.3 is 0 Å². The summed E-state index contributed by atoms with van der Waals surface area (Å²) in [4.78, 5) is 17.3. The van der Waals surface area contributed by atoms with Crippen molar-refractivity contribution in [3.8, 4) is 0 Å². The third-order valence-electron chi connectivity index (χ3n) is 5.39. The summed E-state index contributed by atoms with van der Waals surface area (Å²) in [6.45, 7) is 1.89. The molecule has 0 aliphatic heterocycles. The first-order valence-electron chi connectivity index (χ1n) is 10.8. The van der Waals surface area contributed by atoms with Crippen LogP contribution >= 0.6 is 0 Å². The van der Waals surface area contributed by atoms with Gasteiger partial charge in [-0.05, 0) is 61.5 Å². The van der Waals surface area contributed by atoms with E-state index in [0.717, 1.165) is 33.7 Å². The molecular formula is C26H23N7O. The Balaban J connectivity index is 1.37. The number of carbonyl (C=O) groups is 1. The quantitative estimate of drug-likeness (QED) is 0.332. The van der Waals surface area contributed by atoms with Crippen molar-refractivity contribution in [2.45, 2.75) is 6.92 Å². The lowest BCUT2D eigenvalue weighted by Crippen LogP contribution is -2.16. The van der Waals surface area contributed by atoms with Gasteiger partial charge in [0.25, 0.3) is 5.91 Å². The van der Waals surface area contributed by atoms with Gasteiger partial charge in [-0.3, -0.25) is 19.6 Å². The number of aromatic nitrogens is 5.